The molecule has 0 spiro atoms. The van der Waals surface area contributed by atoms with Crippen molar-refractivity contribution in [2.75, 3.05) is 27.2 Å². The number of likely N-dealkylation sites (tertiary alicyclic amines) is 1. The molecule has 0 aromatic carbocycles. The van der Waals surface area contributed by atoms with E-state index < -0.39 is 0 Å². The fourth-order valence-corrected chi connectivity index (χ4v) is 2.35. The highest BCUT2D eigenvalue weighted by Crippen LogP contribution is 2.17. The van der Waals surface area contributed by atoms with Crippen LogP contribution in [0.25, 0.3) is 0 Å². The number of carbonyl (C=O) groups excluding carboxylic acids is 1. The van der Waals surface area contributed by atoms with Crippen LogP contribution in [0.5, 0.6) is 0 Å². The van der Waals surface area contributed by atoms with E-state index in [9.17, 15) is 4.79 Å². The van der Waals surface area contributed by atoms with Gasteiger partial charge in [-0.25, -0.2) is 0 Å². The highest BCUT2D eigenvalue weighted by Gasteiger charge is 2.26. The molecule has 0 aromatic heterocycles. The van der Waals surface area contributed by atoms with Crippen molar-refractivity contribution in [2.45, 2.75) is 37.1 Å². The quantitative estimate of drug-likeness (QED) is 0.733. The van der Waals surface area contributed by atoms with Gasteiger partial charge in [-0.15, -0.1) is 0 Å². The molecule has 1 aliphatic heterocycles. The van der Waals surface area contributed by atoms with Gasteiger partial charge in [-0.05, 0) is 32.9 Å². The zero-order chi connectivity index (χ0) is 11.4. The third-order valence-corrected chi connectivity index (χ3v) is 4.16. The zero-order valence-corrected chi connectivity index (χ0v) is 11.5. The van der Waals surface area contributed by atoms with Gasteiger partial charge >= 0.3 is 0 Å². The van der Waals surface area contributed by atoms with E-state index in [4.69, 9.17) is 0 Å². The number of hydrogen-bond donors (Lipinski definition) is 0. The van der Waals surface area contributed by atoms with Gasteiger partial charge in [-0.3, -0.25) is 4.79 Å². The molecule has 1 heterocycles. The minimum absolute atomic E-state index is 0.0188. The molecular weight excluding hydrogens is 256 g/mol. The molecule has 1 fully saturated rings. The standard InChI is InChI=1S/C11H21BrN2O/c1-4-10(12)11(15)14(3)9-6-5-7-13(2)8-9/h9-10H,4-8H2,1-3H3. The average Bonchev–Trinajstić information content (AvgIpc) is 2.26. The second-order valence-electron chi connectivity index (χ2n) is 4.38. The van der Waals surface area contributed by atoms with Crippen LogP contribution in [0.4, 0.5) is 0 Å². The van der Waals surface area contributed by atoms with Gasteiger partial charge in [0.15, 0.2) is 0 Å². The summed E-state index contributed by atoms with van der Waals surface area (Å²) in [6.07, 6.45) is 3.18. The molecule has 0 aromatic rings. The summed E-state index contributed by atoms with van der Waals surface area (Å²) in [6, 6.07) is 0.392. The first-order valence-corrected chi connectivity index (χ1v) is 6.57. The lowest BCUT2D eigenvalue weighted by Gasteiger charge is -2.36. The molecule has 1 rings (SSSR count). The Morgan fingerprint density at radius 2 is 2.33 bits per heavy atom. The summed E-state index contributed by atoms with van der Waals surface area (Å²) >= 11 is 3.42. The lowest BCUT2D eigenvalue weighted by atomic mass is 10.0. The Morgan fingerprint density at radius 3 is 2.87 bits per heavy atom. The van der Waals surface area contributed by atoms with Crippen LogP contribution in [0, 0.1) is 0 Å². The summed E-state index contributed by atoms with van der Waals surface area (Å²) in [5, 5.41) is 0. The predicted octanol–water partition coefficient (Wildman–Crippen LogP) is 1.71. The van der Waals surface area contributed by atoms with Crippen LogP contribution in [-0.4, -0.2) is 53.8 Å². The van der Waals surface area contributed by atoms with Crippen LogP contribution in [0.2, 0.25) is 0 Å². The SMILES string of the molecule is CCC(Br)C(=O)N(C)C1CCCN(C)C1. The van der Waals surface area contributed by atoms with Crippen molar-refractivity contribution in [2.24, 2.45) is 0 Å². The number of carbonyl (C=O) groups is 1. The molecule has 0 N–H and O–H groups in total. The van der Waals surface area contributed by atoms with E-state index >= 15 is 0 Å². The predicted molar refractivity (Wildman–Crippen MR) is 66.3 cm³/mol. The molecule has 0 radical (unpaired) electrons. The summed E-state index contributed by atoms with van der Waals surface area (Å²) in [5.41, 5.74) is 0. The summed E-state index contributed by atoms with van der Waals surface area (Å²) in [6.45, 7) is 4.19. The van der Waals surface area contributed by atoms with Crippen LogP contribution in [0.15, 0.2) is 0 Å². The van der Waals surface area contributed by atoms with Gasteiger partial charge in [0.1, 0.15) is 0 Å². The Labute approximate surface area is 101 Å². The lowest BCUT2D eigenvalue weighted by molar-refractivity contribution is -0.132. The molecule has 15 heavy (non-hydrogen) atoms. The molecule has 88 valence electrons. The Balaban J connectivity index is 2.51. The number of alkyl halides is 1. The fraction of sp³-hybridized carbons (Fsp3) is 0.909. The van der Waals surface area contributed by atoms with E-state index in [1.807, 2.05) is 18.9 Å². The van der Waals surface area contributed by atoms with Gasteiger partial charge in [0, 0.05) is 19.6 Å². The van der Waals surface area contributed by atoms with Crippen molar-refractivity contribution in [1.29, 1.82) is 0 Å². The van der Waals surface area contributed by atoms with E-state index in [0.29, 0.717) is 6.04 Å². The van der Waals surface area contributed by atoms with Crippen molar-refractivity contribution < 1.29 is 4.79 Å². The van der Waals surface area contributed by atoms with Crippen molar-refractivity contribution in [3.8, 4) is 0 Å². The largest absolute Gasteiger partial charge is 0.341 e. The Hall–Kier alpha value is -0.0900. The Kier molecular flexibility index (Phi) is 5.06. The number of halogens is 1. The first-order chi connectivity index (χ1) is 7.06. The molecule has 0 aliphatic carbocycles. The summed E-state index contributed by atoms with van der Waals surface area (Å²) < 4.78 is 0. The maximum Gasteiger partial charge on any atom is 0.236 e. The van der Waals surface area contributed by atoms with Crippen molar-refractivity contribution in [3.63, 3.8) is 0 Å². The number of amides is 1. The van der Waals surface area contributed by atoms with Gasteiger partial charge in [-0.2, -0.15) is 0 Å². The number of hydrogen-bond acceptors (Lipinski definition) is 2. The molecule has 4 heteroatoms. The van der Waals surface area contributed by atoms with Crippen LogP contribution >= 0.6 is 15.9 Å². The first kappa shape index (κ1) is 13.0. The minimum atomic E-state index is -0.0188. The molecule has 1 saturated heterocycles. The highest BCUT2D eigenvalue weighted by atomic mass is 79.9. The van der Waals surface area contributed by atoms with E-state index in [0.717, 1.165) is 25.9 Å². The molecule has 1 aliphatic rings. The van der Waals surface area contributed by atoms with Gasteiger partial charge in [0.05, 0.1) is 4.83 Å². The number of likely N-dealkylation sites (N-methyl/N-ethyl adjacent to an activating group) is 2. The maximum absolute atomic E-state index is 11.9. The monoisotopic (exact) mass is 276 g/mol. The van der Waals surface area contributed by atoms with E-state index in [-0.39, 0.29) is 10.7 Å². The van der Waals surface area contributed by atoms with Gasteiger partial charge in [0.25, 0.3) is 0 Å². The molecule has 3 nitrogen and oxygen atoms in total. The van der Waals surface area contributed by atoms with E-state index in [1.54, 1.807) is 0 Å². The number of rotatable bonds is 3. The Morgan fingerprint density at radius 1 is 1.67 bits per heavy atom. The van der Waals surface area contributed by atoms with Crippen LogP contribution in [-0.2, 0) is 4.79 Å². The van der Waals surface area contributed by atoms with E-state index in [1.165, 1.54) is 6.42 Å². The van der Waals surface area contributed by atoms with Crippen LogP contribution in [0.1, 0.15) is 26.2 Å². The smallest absolute Gasteiger partial charge is 0.236 e. The number of piperidine rings is 1. The molecule has 2 unspecified atom stereocenters. The minimum Gasteiger partial charge on any atom is -0.341 e. The van der Waals surface area contributed by atoms with Crippen molar-refractivity contribution in [3.05, 3.63) is 0 Å². The van der Waals surface area contributed by atoms with E-state index in [2.05, 4.69) is 27.9 Å². The third kappa shape index (κ3) is 3.45. The number of nitrogens with zero attached hydrogens (tertiary/aromatic N) is 2. The Bertz CT molecular complexity index is 223. The highest BCUT2D eigenvalue weighted by molar-refractivity contribution is 9.10. The molecule has 0 saturated carbocycles. The van der Waals surface area contributed by atoms with Gasteiger partial charge in [-0.1, -0.05) is 22.9 Å². The zero-order valence-electron chi connectivity index (χ0n) is 9.87. The lowest BCUT2D eigenvalue weighted by Crippen LogP contribution is -2.49. The first-order valence-electron chi connectivity index (χ1n) is 5.65. The summed E-state index contributed by atoms with van der Waals surface area (Å²) in [5.74, 6) is 0.220. The third-order valence-electron chi connectivity index (χ3n) is 3.12. The van der Waals surface area contributed by atoms with Gasteiger partial charge < -0.3 is 9.80 Å². The van der Waals surface area contributed by atoms with Crippen molar-refractivity contribution >= 4 is 21.8 Å². The van der Waals surface area contributed by atoms with Crippen LogP contribution in [0.3, 0.4) is 0 Å². The average molecular weight is 277 g/mol. The van der Waals surface area contributed by atoms with Crippen LogP contribution < -0.4 is 0 Å². The maximum atomic E-state index is 11.9. The summed E-state index contributed by atoms with van der Waals surface area (Å²) in [7, 11) is 4.05. The topological polar surface area (TPSA) is 23.6 Å². The second kappa shape index (κ2) is 5.85. The molecule has 0 bridgehead atoms. The summed E-state index contributed by atoms with van der Waals surface area (Å²) in [4.78, 5) is 16.1. The molecule has 2 atom stereocenters. The van der Waals surface area contributed by atoms with Crippen molar-refractivity contribution in [1.82, 2.24) is 9.80 Å². The molecule has 1 amide bonds. The van der Waals surface area contributed by atoms with Gasteiger partial charge in [0.2, 0.25) is 5.91 Å². The molecular formula is C11H21BrN2O. The fourth-order valence-electron chi connectivity index (χ4n) is 2.03. The second-order valence-corrected chi connectivity index (χ2v) is 5.49. The normalized spacial score (nSPS) is 24.9.